The molecule has 17 heavy (non-hydrogen) atoms. The monoisotopic (exact) mass is 237 g/mol. The van der Waals surface area contributed by atoms with Crippen LogP contribution in [0.3, 0.4) is 0 Å². The average Bonchev–Trinajstić information content (AvgIpc) is 2.96. The lowest BCUT2D eigenvalue weighted by atomic mass is 10.0. The molecule has 0 spiro atoms. The van der Waals surface area contributed by atoms with E-state index in [0.717, 1.165) is 18.9 Å². The third-order valence-electron chi connectivity index (χ3n) is 3.38. The highest BCUT2D eigenvalue weighted by atomic mass is 16.4. The van der Waals surface area contributed by atoms with Crippen molar-refractivity contribution in [1.82, 2.24) is 0 Å². The molecule has 1 saturated carbocycles. The van der Waals surface area contributed by atoms with E-state index in [1.807, 2.05) is 0 Å². The Morgan fingerprint density at radius 3 is 2.82 bits per heavy atom. The molecule has 2 rings (SSSR count). The summed E-state index contributed by atoms with van der Waals surface area (Å²) in [6, 6.07) is 3.14. The van der Waals surface area contributed by atoms with Crippen LogP contribution >= 0.6 is 0 Å². The summed E-state index contributed by atoms with van der Waals surface area (Å²) in [5.74, 6) is 0.420. The van der Waals surface area contributed by atoms with E-state index in [2.05, 4.69) is 5.32 Å². The van der Waals surface area contributed by atoms with Crippen molar-refractivity contribution in [2.24, 2.45) is 5.92 Å². The summed E-state index contributed by atoms with van der Waals surface area (Å²) in [6.45, 7) is 0.850. The zero-order chi connectivity index (χ0) is 12.1. The normalized spacial score (nSPS) is 16.2. The smallest absolute Gasteiger partial charge is 0.371 e. The molecule has 4 heteroatoms. The van der Waals surface area contributed by atoms with Crippen LogP contribution < -0.4 is 5.32 Å². The predicted octanol–water partition coefficient (Wildman–Crippen LogP) is 3.36. The van der Waals surface area contributed by atoms with Crippen molar-refractivity contribution in [3.63, 3.8) is 0 Å². The molecule has 0 aliphatic heterocycles. The van der Waals surface area contributed by atoms with E-state index in [1.165, 1.54) is 38.2 Å². The van der Waals surface area contributed by atoms with Crippen LogP contribution in [0, 0.1) is 5.92 Å². The third kappa shape index (κ3) is 3.51. The molecule has 2 N–H and O–H groups in total. The molecule has 94 valence electrons. The first-order valence-electron chi connectivity index (χ1n) is 6.32. The molecule has 1 aliphatic carbocycles. The van der Waals surface area contributed by atoms with Gasteiger partial charge >= 0.3 is 5.97 Å². The van der Waals surface area contributed by atoms with Crippen LogP contribution in [0.15, 0.2) is 16.5 Å². The summed E-state index contributed by atoms with van der Waals surface area (Å²) >= 11 is 0. The molecule has 0 saturated heterocycles. The molecule has 0 amide bonds. The molecule has 0 atom stereocenters. The Kier molecular flexibility index (Phi) is 4.07. The molecular weight excluding hydrogens is 218 g/mol. The van der Waals surface area contributed by atoms with Crippen molar-refractivity contribution in [3.8, 4) is 0 Å². The minimum absolute atomic E-state index is 0.0108. The number of hydrogen-bond donors (Lipinski definition) is 2. The van der Waals surface area contributed by atoms with Gasteiger partial charge in [0.05, 0.1) is 0 Å². The summed E-state index contributed by atoms with van der Waals surface area (Å²) in [7, 11) is 0. The van der Waals surface area contributed by atoms with Crippen LogP contribution in [0.1, 0.15) is 49.1 Å². The lowest BCUT2D eigenvalue weighted by molar-refractivity contribution is 0.0663. The van der Waals surface area contributed by atoms with Gasteiger partial charge in [-0.2, -0.15) is 0 Å². The van der Waals surface area contributed by atoms with E-state index in [-0.39, 0.29) is 5.76 Å². The second-order valence-electron chi connectivity index (χ2n) is 4.69. The van der Waals surface area contributed by atoms with Crippen LogP contribution in [-0.2, 0) is 0 Å². The van der Waals surface area contributed by atoms with E-state index >= 15 is 0 Å². The fourth-order valence-corrected chi connectivity index (χ4v) is 2.45. The van der Waals surface area contributed by atoms with Gasteiger partial charge in [0.2, 0.25) is 5.76 Å². The first-order chi connectivity index (χ1) is 8.25. The predicted molar refractivity (Wildman–Crippen MR) is 65.3 cm³/mol. The molecule has 0 bridgehead atoms. The fourth-order valence-electron chi connectivity index (χ4n) is 2.45. The Bertz CT molecular complexity index is 366. The maximum atomic E-state index is 10.6. The van der Waals surface area contributed by atoms with Crippen LogP contribution in [0.2, 0.25) is 0 Å². The summed E-state index contributed by atoms with van der Waals surface area (Å²) in [6.07, 6.45) is 7.91. The molecule has 4 nitrogen and oxygen atoms in total. The van der Waals surface area contributed by atoms with Crippen molar-refractivity contribution < 1.29 is 14.3 Å². The Morgan fingerprint density at radius 1 is 1.41 bits per heavy atom. The number of nitrogens with one attached hydrogen (secondary N) is 1. The van der Waals surface area contributed by atoms with E-state index in [0.29, 0.717) is 5.88 Å². The van der Waals surface area contributed by atoms with E-state index in [1.54, 1.807) is 6.07 Å². The van der Waals surface area contributed by atoms with Crippen LogP contribution in [0.5, 0.6) is 0 Å². The second-order valence-corrected chi connectivity index (χ2v) is 4.69. The van der Waals surface area contributed by atoms with Crippen molar-refractivity contribution in [2.45, 2.75) is 38.5 Å². The summed E-state index contributed by atoms with van der Waals surface area (Å²) in [5.41, 5.74) is 0. The van der Waals surface area contributed by atoms with Gasteiger partial charge in [0.25, 0.3) is 0 Å². The molecule has 0 radical (unpaired) electrons. The van der Waals surface area contributed by atoms with Gasteiger partial charge in [-0.05, 0) is 24.8 Å². The standard InChI is InChI=1S/C13H19NO3/c15-13(16)11-7-8-12(17-11)14-9-3-6-10-4-1-2-5-10/h7-8,10,14H,1-6,9H2,(H,15,16). The second kappa shape index (κ2) is 5.75. The van der Waals surface area contributed by atoms with Crippen molar-refractivity contribution in [1.29, 1.82) is 0 Å². The van der Waals surface area contributed by atoms with E-state index in [9.17, 15) is 4.79 Å². The van der Waals surface area contributed by atoms with Crippen molar-refractivity contribution in [3.05, 3.63) is 17.9 Å². The number of carboxylic acid groups (broad SMARTS) is 1. The quantitative estimate of drug-likeness (QED) is 0.745. The number of carboxylic acids is 1. The van der Waals surface area contributed by atoms with Gasteiger partial charge in [-0.25, -0.2) is 4.79 Å². The highest BCUT2D eigenvalue weighted by Crippen LogP contribution is 2.28. The van der Waals surface area contributed by atoms with Gasteiger partial charge in [-0.3, -0.25) is 0 Å². The Morgan fingerprint density at radius 2 is 2.18 bits per heavy atom. The minimum atomic E-state index is -1.02. The first-order valence-corrected chi connectivity index (χ1v) is 6.32. The number of carbonyl (C=O) groups is 1. The zero-order valence-electron chi connectivity index (χ0n) is 9.95. The Labute approximate surface area is 101 Å². The summed E-state index contributed by atoms with van der Waals surface area (Å²) in [4.78, 5) is 10.6. The van der Waals surface area contributed by atoms with E-state index in [4.69, 9.17) is 9.52 Å². The van der Waals surface area contributed by atoms with Gasteiger partial charge < -0.3 is 14.8 Å². The Balaban J connectivity index is 1.65. The summed E-state index contributed by atoms with van der Waals surface area (Å²) in [5, 5.41) is 11.8. The average molecular weight is 237 g/mol. The molecule has 1 aromatic rings. The number of aromatic carboxylic acids is 1. The fraction of sp³-hybridized carbons (Fsp3) is 0.615. The highest BCUT2D eigenvalue weighted by Gasteiger charge is 2.14. The molecule has 1 heterocycles. The van der Waals surface area contributed by atoms with Gasteiger partial charge in [0.15, 0.2) is 5.88 Å². The molecular formula is C13H19NO3. The van der Waals surface area contributed by atoms with Gasteiger partial charge in [0, 0.05) is 12.6 Å². The highest BCUT2D eigenvalue weighted by molar-refractivity contribution is 5.84. The largest absolute Gasteiger partial charge is 0.475 e. The number of anilines is 1. The lowest BCUT2D eigenvalue weighted by Crippen LogP contribution is -2.03. The summed E-state index contributed by atoms with van der Waals surface area (Å²) < 4.78 is 5.11. The van der Waals surface area contributed by atoms with Gasteiger partial charge in [0.1, 0.15) is 0 Å². The molecule has 0 aromatic carbocycles. The van der Waals surface area contributed by atoms with Crippen molar-refractivity contribution in [2.75, 3.05) is 11.9 Å². The molecule has 1 aromatic heterocycles. The van der Waals surface area contributed by atoms with Crippen LogP contribution in [0.4, 0.5) is 5.88 Å². The van der Waals surface area contributed by atoms with E-state index < -0.39 is 5.97 Å². The number of rotatable bonds is 6. The zero-order valence-corrected chi connectivity index (χ0v) is 9.95. The topological polar surface area (TPSA) is 62.5 Å². The van der Waals surface area contributed by atoms with Crippen molar-refractivity contribution >= 4 is 11.9 Å². The first kappa shape index (κ1) is 12.0. The van der Waals surface area contributed by atoms with Crippen LogP contribution in [-0.4, -0.2) is 17.6 Å². The SMILES string of the molecule is O=C(O)c1ccc(NCCCC2CCCC2)o1. The maximum Gasteiger partial charge on any atom is 0.371 e. The lowest BCUT2D eigenvalue weighted by Gasteiger charge is -2.08. The third-order valence-corrected chi connectivity index (χ3v) is 3.38. The number of hydrogen-bond acceptors (Lipinski definition) is 3. The number of furan rings is 1. The van der Waals surface area contributed by atoms with Crippen LogP contribution in [0.25, 0.3) is 0 Å². The Hall–Kier alpha value is -1.45. The minimum Gasteiger partial charge on any atom is -0.475 e. The van der Waals surface area contributed by atoms with Gasteiger partial charge in [-0.15, -0.1) is 0 Å². The molecule has 1 aliphatic rings. The maximum absolute atomic E-state index is 10.6. The molecule has 1 fully saturated rings. The molecule has 0 unspecified atom stereocenters. The van der Waals surface area contributed by atoms with Gasteiger partial charge in [-0.1, -0.05) is 25.7 Å².